The lowest BCUT2D eigenvalue weighted by Gasteiger charge is -2.31. The SMILES string of the molecule is CCCS(=O)(=O)N1CCC(NC(=O)c2ccc(=O)n(-c3ccccc3)n2)CC1. The van der Waals surface area contributed by atoms with Gasteiger partial charge in [-0.2, -0.15) is 9.78 Å². The molecule has 1 aromatic heterocycles. The largest absolute Gasteiger partial charge is 0.348 e. The van der Waals surface area contributed by atoms with E-state index in [1.165, 1.54) is 21.1 Å². The Labute approximate surface area is 164 Å². The molecule has 0 saturated carbocycles. The van der Waals surface area contributed by atoms with E-state index in [0.29, 0.717) is 38.0 Å². The molecule has 0 bridgehead atoms. The Hall–Kier alpha value is -2.52. The maximum Gasteiger partial charge on any atom is 0.271 e. The molecule has 9 heteroatoms. The Bertz CT molecular complexity index is 980. The molecular formula is C19H24N4O4S. The first kappa shape index (κ1) is 20.2. The van der Waals surface area contributed by atoms with Crippen LogP contribution in [0.2, 0.25) is 0 Å². The lowest BCUT2D eigenvalue weighted by atomic mass is 10.1. The number of carbonyl (C=O) groups excluding carboxylic acids is 1. The quantitative estimate of drug-likeness (QED) is 0.779. The smallest absolute Gasteiger partial charge is 0.271 e. The molecule has 0 spiro atoms. The van der Waals surface area contributed by atoms with Crippen molar-refractivity contribution in [1.29, 1.82) is 0 Å². The van der Waals surface area contributed by atoms with E-state index in [4.69, 9.17) is 0 Å². The summed E-state index contributed by atoms with van der Waals surface area (Å²) in [7, 11) is -3.21. The van der Waals surface area contributed by atoms with Gasteiger partial charge in [-0.05, 0) is 37.5 Å². The molecule has 28 heavy (non-hydrogen) atoms. The number of para-hydroxylation sites is 1. The third-order valence-electron chi connectivity index (χ3n) is 4.68. The van der Waals surface area contributed by atoms with Crippen molar-refractivity contribution >= 4 is 15.9 Å². The summed E-state index contributed by atoms with van der Waals surface area (Å²) in [5.74, 6) is -0.228. The van der Waals surface area contributed by atoms with Crippen LogP contribution in [0.4, 0.5) is 0 Å². The maximum atomic E-state index is 12.6. The van der Waals surface area contributed by atoms with E-state index in [1.807, 2.05) is 13.0 Å². The van der Waals surface area contributed by atoms with Gasteiger partial charge in [-0.1, -0.05) is 25.1 Å². The minimum absolute atomic E-state index is 0.125. The molecule has 3 rings (SSSR count). The zero-order chi connectivity index (χ0) is 20.1. The van der Waals surface area contributed by atoms with Crippen LogP contribution >= 0.6 is 0 Å². The standard InChI is InChI=1S/C19H24N4O4S/c1-2-14-28(26,27)22-12-10-15(11-13-22)20-19(25)17-8-9-18(24)23(21-17)16-6-4-3-5-7-16/h3-9,15H,2,10-14H2,1H3,(H,20,25). The van der Waals surface area contributed by atoms with E-state index in [-0.39, 0.29) is 29.0 Å². The van der Waals surface area contributed by atoms with Gasteiger partial charge in [0, 0.05) is 25.2 Å². The minimum atomic E-state index is -3.21. The Morgan fingerprint density at radius 2 is 1.82 bits per heavy atom. The third kappa shape index (κ3) is 4.66. The van der Waals surface area contributed by atoms with Crippen molar-refractivity contribution in [2.24, 2.45) is 0 Å². The van der Waals surface area contributed by atoms with E-state index < -0.39 is 10.0 Å². The van der Waals surface area contributed by atoms with Gasteiger partial charge in [0.25, 0.3) is 11.5 Å². The average molecular weight is 404 g/mol. The van der Waals surface area contributed by atoms with E-state index >= 15 is 0 Å². The molecule has 1 aliphatic rings. The molecule has 0 aliphatic carbocycles. The Kier molecular flexibility index (Phi) is 6.25. The van der Waals surface area contributed by atoms with Crippen molar-refractivity contribution < 1.29 is 13.2 Å². The van der Waals surface area contributed by atoms with Crippen LogP contribution in [0.25, 0.3) is 5.69 Å². The lowest BCUT2D eigenvalue weighted by Crippen LogP contribution is -2.47. The highest BCUT2D eigenvalue weighted by molar-refractivity contribution is 7.89. The summed E-state index contributed by atoms with van der Waals surface area (Å²) in [5.41, 5.74) is 0.401. The van der Waals surface area contributed by atoms with Crippen LogP contribution in [-0.2, 0) is 10.0 Å². The number of rotatable bonds is 6. The Balaban J connectivity index is 1.66. The minimum Gasteiger partial charge on any atom is -0.348 e. The second-order valence-corrected chi connectivity index (χ2v) is 8.86. The summed E-state index contributed by atoms with van der Waals surface area (Å²) in [6.07, 6.45) is 1.68. The highest BCUT2D eigenvalue weighted by Gasteiger charge is 2.28. The van der Waals surface area contributed by atoms with Crippen molar-refractivity contribution in [2.75, 3.05) is 18.8 Å². The molecule has 1 fully saturated rings. The van der Waals surface area contributed by atoms with Gasteiger partial charge in [-0.3, -0.25) is 9.59 Å². The molecular weight excluding hydrogens is 380 g/mol. The van der Waals surface area contributed by atoms with Crippen molar-refractivity contribution in [3.63, 3.8) is 0 Å². The van der Waals surface area contributed by atoms with Crippen LogP contribution in [0.15, 0.2) is 47.3 Å². The highest BCUT2D eigenvalue weighted by Crippen LogP contribution is 2.15. The topological polar surface area (TPSA) is 101 Å². The Morgan fingerprint density at radius 3 is 2.46 bits per heavy atom. The molecule has 1 aliphatic heterocycles. The molecule has 150 valence electrons. The monoisotopic (exact) mass is 404 g/mol. The van der Waals surface area contributed by atoms with Crippen molar-refractivity contribution in [3.8, 4) is 5.69 Å². The molecule has 2 heterocycles. The molecule has 0 radical (unpaired) electrons. The first-order valence-corrected chi connectivity index (χ1v) is 11.0. The third-order valence-corrected chi connectivity index (χ3v) is 6.75. The summed E-state index contributed by atoms with van der Waals surface area (Å²) in [6, 6.07) is 11.5. The van der Waals surface area contributed by atoms with Gasteiger partial charge < -0.3 is 5.32 Å². The molecule has 0 atom stereocenters. The number of nitrogens with zero attached hydrogens (tertiary/aromatic N) is 3. The number of hydrogen-bond donors (Lipinski definition) is 1. The molecule has 1 N–H and O–H groups in total. The maximum absolute atomic E-state index is 12.6. The molecule has 0 unspecified atom stereocenters. The van der Waals surface area contributed by atoms with E-state index in [9.17, 15) is 18.0 Å². The van der Waals surface area contributed by atoms with Crippen LogP contribution < -0.4 is 10.9 Å². The fourth-order valence-electron chi connectivity index (χ4n) is 3.21. The number of aromatic nitrogens is 2. The predicted molar refractivity (Wildman–Crippen MR) is 106 cm³/mol. The second kappa shape index (κ2) is 8.66. The number of piperidine rings is 1. The summed E-state index contributed by atoms with van der Waals surface area (Å²) in [5, 5.41) is 7.07. The van der Waals surface area contributed by atoms with Crippen LogP contribution in [0, 0.1) is 0 Å². The van der Waals surface area contributed by atoms with Crippen LogP contribution in [0.1, 0.15) is 36.7 Å². The zero-order valence-electron chi connectivity index (χ0n) is 15.7. The summed E-state index contributed by atoms with van der Waals surface area (Å²) in [4.78, 5) is 24.6. The number of sulfonamides is 1. The lowest BCUT2D eigenvalue weighted by molar-refractivity contribution is 0.0917. The van der Waals surface area contributed by atoms with Gasteiger partial charge in [-0.25, -0.2) is 12.7 Å². The van der Waals surface area contributed by atoms with Crippen LogP contribution in [-0.4, -0.2) is 53.3 Å². The first-order valence-electron chi connectivity index (χ1n) is 9.35. The van der Waals surface area contributed by atoms with Gasteiger partial charge in [0.1, 0.15) is 5.69 Å². The summed E-state index contributed by atoms with van der Waals surface area (Å²) in [6.45, 7) is 2.63. The summed E-state index contributed by atoms with van der Waals surface area (Å²) >= 11 is 0. The first-order chi connectivity index (χ1) is 13.4. The van der Waals surface area contributed by atoms with Crippen LogP contribution in [0.5, 0.6) is 0 Å². The van der Waals surface area contributed by atoms with E-state index in [0.717, 1.165) is 0 Å². The molecule has 8 nitrogen and oxygen atoms in total. The molecule has 2 aromatic rings. The summed E-state index contributed by atoms with van der Waals surface area (Å²) < 4.78 is 27.0. The number of hydrogen-bond acceptors (Lipinski definition) is 5. The van der Waals surface area contributed by atoms with Gasteiger partial charge in [0.2, 0.25) is 10.0 Å². The van der Waals surface area contributed by atoms with Gasteiger partial charge in [-0.15, -0.1) is 0 Å². The van der Waals surface area contributed by atoms with Crippen molar-refractivity contribution in [2.45, 2.75) is 32.2 Å². The Morgan fingerprint density at radius 1 is 1.14 bits per heavy atom. The van der Waals surface area contributed by atoms with Gasteiger partial charge in [0.05, 0.1) is 11.4 Å². The highest BCUT2D eigenvalue weighted by atomic mass is 32.2. The average Bonchev–Trinajstić information content (AvgIpc) is 2.69. The van der Waals surface area contributed by atoms with Gasteiger partial charge >= 0.3 is 0 Å². The van der Waals surface area contributed by atoms with E-state index in [2.05, 4.69) is 10.4 Å². The fraction of sp³-hybridized carbons (Fsp3) is 0.421. The van der Waals surface area contributed by atoms with E-state index in [1.54, 1.807) is 24.3 Å². The molecule has 1 saturated heterocycles. The fourth-order valence-corrected chi connectivity index (χ4v) is 4.75. The predicted octanol–water partition coefficient (Wildman–Crippen LogP) is 1.17. The second-order valence-electron chi connectivity index (χ2n) is 6.77. The molecule has 1 amide bonds. The number of benzene rings is 1. The van der Waals surface area contributed by atoms with Crippen LogP contribution in [0.3, 0.4) is 0 Å². The van der Waals surface area contributed by atoms with Crippen molar-refractivity contribution in [1.82, 2.24) is 19.4 Å². The normalized spacial score (nSPS) is 16.0. The zero-order valence-corrected chi connectivity index (χ0v) is 16.6. The number of nitrogens with one attached hydrogen (secondary N) is 1. The molecule has 1 aromatic carbocycles. The number of amides is 1. The van der Waals surface area contributed by atoms with Gasteiger partial charge in [0.15, 0.2) is 0 Å². The number of carbonyl (C=O) groups is 1. The van der Waals surface area contributed by atoms with Crippen molar-refractivity contribution in [3.05, 3.63) is 58.5 Å².